The maximum atomic E-state index is 6.14. The molecule has 5 heteroatoms. The van der Waals surface area contributed by atoms with E-state index in [2.05, 4.69) is 28.2 Å². The summed E-state index contributed by atoms with van der Waals surface area (Å²) in [6.07, 6.45) is 2.19. The van der Waals surface area contributed by atoms with E-state index in [-0.39, 0.29) is 0 Å². The molecule has 2 heterocycles. The van der Waals surface area contributed by atoms with Gasteiger partial charge in [-0.25, -0.2) is 0 Å². The van der Waals surface area contributed by atoms with Crippen LogP contribution in [0.4, 0.5) is 0 Å². The van der Waals surface area contributed by atoms with Gasteiger partial charge in [-0.2, -0.15) is 0 Å². The van der Waals surface area contributed by atoms with E-state index in [1.807, 2.05) is 25.2 Å². The van der Waals surface area contributed by atoms with Gasteiger partial charge >= 0.3 is 0 Å². The molecule has 2 nitrogen and oxygen atoms in total. The zero-order valence-electron chi connectivity index (χ0n) is 11.0. The van der Waals surface area contributed by atoms with Gasteiger partial charge in [0.15, 0.2) is 0 Å². The van der Waals surface area contributed by atoms with Gasteiger partial charge in [0.25, 0.3) is 0 Å². The Hall–Kier alpha value is -1.00. The summed E-state index contributed by atoms with van der Waals surface area (Å²) < 4.78 is 3.06. The Morgan fingerprint density at radius 2 is 2.05 bits per heavy atom. The predicted octanol–water partition coefficient (Wildman–Crippen LogP) is 4.78. The molecule has 3 aromatic rings. The largest absolute Gasteiger partial charge is 0.342 e. The Kier molecular flexibility index (Phi) is 4.03. The van der Waals surface area contributed by atoms with Gasteiger partial charge in [0, 0.05) is 28.0 Å². The molecule has 0 atom stereocenters. The zero-order valence-corrected chi connectivity index (χ0v) is 13.3. The van der Waals surface area contributed by atoms with E-state index in [0.717, 1.165) is 28.0 Å². The lowest BCUT2D eigenvalue weighted by Crippen LogP contribution is -2.04. The molecule has 2 aromatic heterocycles. The summed E-state index contributed by atoms with van der Waals surface area (Å²) in [5, 5.41) is 5.21. The normalized spacial score (nSPS) is 11.3. The minimum atomic E-state index is 0.761. The Balaban J connectivity index is 2.06. The molecule has 0 saturated heterocycles. The average molecular weight is 325 g/mol. The smallest absolute Gasteiger partial charge is 0.0931 e. The van der Waals surface area contributed by atoms with Crippen LogP contribution < -0.4 is 5.32 Å². The minimum Gasteiger partial charge on any atom is -0.342 e. The van der Waals surface area contributed by atoms with Gasteiger partial charge < -0.3 is 9.88 Å². The minimum absolute atomic E-state index is 0.761. The van der Waals surface area contributed by atoms with Crippen molar-refractivity contribution in [2.75, 3.05) is 7.05 Å². The molecule has 3 rings (SSSR count). The fraction of sp³-hybridized carbons (Fsp3) is 0.200. The molecule has 104 valence electrons. The molecule has 0 radical (unpaired) electrons. The summed E-state index contributed by atoms with van der Waals surface area (Å²) >= 11 is 13.8. The highest BCUT2D eigenvalue weighted by Crippen LogP contribution is 2.28. The van der Waals surface area contributed by atoms with Gasteiger partial charge in [-0.1, -0.05) is 29.3 Å². The first kappa shape index (κ1) is 14.0. The van der Waals surface area contributed by atoms with Crippen LogP contribution in [0.25, 0.3) is 10.9 Å². The topological polar surface area (TPSA) is 17.0 Å². The highest BCUT2D eigenvalue weighted by molar-refractivity contribution is 7.16. The quantitative estimate of drug-likeness (QED) is 0.731. The van der Waals surface area contributed by atoms with Crippen LogP contribution >= 0.6 is 34.5 Å². The van der Waals surface area contributed by atoms with E-state index in [0.29, 0.717) is 0 Å². The summed E-state index contributed by atoms with van der Waals surface area (Å²) in [4.78, 5) is 1.24. The second kappa shape index (κ2) is 5.78. The molecule has 20 heavy (non-hydrogen) atoms. The van der Waals surface area contributed by atoms with Crippen LogP contribution in [0.3, 0.4) is 0 Å². The van der Waals surface area contributed by atoms with E-state index in [1.54, 1.807) is 11.3 Å². The molecule has 0 bridgehead atoms. The molecule has 0 aliphatic carbocycles. The van der Waals surface area contributed by atoms with Crippen LogP contribution in [-0.2, 0) is 13.1 Å². The maximum Gasteiger partial charge on any atom is 0.0931 e. The first-order chi connectivity index (χ1) is 9.67. The SMILES string of the molecule is CNCc1cn(Cc2ccc(Cl)s2)c2cc(Cl)ccc12. The Morgan fingerprint density at radius 3 is 2.75 bits per heavy atom. The highest BCUT2D eigenvalue weighted by Gasteiger charge is 2.09. The van der Waals surface area contributed by atoms with Crippen LogP contribution in [0.2, 0.25) is 9.36 Å². The van der Waals surface area contributed by atoms with Gasteiger partial charge in [0.05, 0.1) is 16.4 Å². The van der Waals surface area contributed by atoms with Crippen molar-refractivity contribution < 1.29 is 0 Å². The van der Waals surface area contributed by atoms with Crippen molar-refractivity contribution in [1.29, 1.82) is 0 Å². The highest BCUT2D eigenvalue weighted by atomic mass is 35.5. The second-order valence-corrected chi connectivity index (χ2v) is 6.92. The number of hydrogen-bond donors (Lipinski definition) is 1. The lowest BCUT2D eigenvalue weighted by Gasteiger charge is -2.03. The molecule has 0 spiro atoms. The third-order valence-corrected chi connectivity index (χ3v) is 4.70. The van der Waals surface area contributed by atoms with Crippen molar-refractivity contribution in [3.05, 3.63) is 56.3 Å². The van der Waals surface area contributed by atoms with Crippen molar-refractivity contribution in [2.45, 2.75) is 13.1 Å². The van der Waals surface area contributed by atoms with Crippen molar-refractivity contribution in [2.24, 2.45) is 0 Å². The van der Waals surface area contributed by atoms with Crippen molar-refractivity contribution in [3.63, 3.8) is 0 Å². The third kappa shape index (κ3) is 2.72. The fourth-order valence-electron chi connectivity index (χ4n) is 2.41. The fourth-order valence-corrected chi connectivity index (χ4v) is 3.66. The standard InChI is InChI=1S/C15H14Cl2N2S/c1-18-7-10-8-19(9-12-3-5-15(17)20-12)14-6-11(16)2-4-13(10)14/h2-6,8,18H,7,9H2,1H3. The first-order valence-corrected chi connectivity index (χ1v) is 7.90. The monoisotopic (exact) mass is 324 g/mol. The van der Waals surface area contributed by atoms with Crippen molar-refractivity contribution in [3.8, 4) is 0 Å². The van der Waals surface area contributed by atoms with Crippen LogP contribution in [-0.4, -0.2) is 11.6 Å². The summed E-state index contributed by atoms with van der Waals surface area (Å²) in [6.45, 7) is 1.66. The molecule has 1 N–H and O–H groups in total. The molecule has 0 amide bonds. The number of nitrogens with zero attached hydrogens (tertiary/aromatic N) is 1. The third-order valence-electron chi connectivity index (χ3n) is 3.25. The van der Waals surface area contributed by atoms with Crippen molar-refractivity contribution in [1.82, 2.24) is 9.88 Å². The number of halogens is 2. The summed E-state index contributed by atoms with van der Waals surface area (Å²) in [7, 11) is 1.96. The van der Waals surface area contributed by atoms with E-state index < -0.39 is 0 Å². The lowest BCUT2D eigenvalue weighted by molar-refractivity contribution is 0.800. The van der Waals surface area contributed by atoms with Crippen molar-refractivity contribution >= 4 is 45.4 Å². The Bertz CT molecular complexity index is 745. The summed E-state index contributed by atoms with van der Waals surface area (Å²) in [5.74, 6) is 0. The number of thiophene rings is 1. The van der Waals surface area contributed by atoms with Gasteiger partial charge in [-0.05, 0) is 36.9 Å². The summed E-state index contributed by atoms with van der Waals surface area (Å²) in [5.41, 5.74) is 2.44. The number of hydrogen-bond acceptors (Lipinski definition) is 2. The molecule has 0 saturated carbocycles. The number of nitrogens with one attached hydrogen (secondary N) is 1. The molecule has 0 aliphatic heterocycles. The van der Waals surface area contributed by atoms with Crippen LogP contribution in [0, 0.1) is 0 Å². The lowest BCUT2D eigenvalue weighted by atomic mass is 10.2. The number of benzene rings is 1. The van der Waals surface area contributed by atoms with E-state index >= 15 is 0 Å². The Labute approximate surface area is 131 Å². The van der Waals surface area contributed by atoms with E-state index in [1.165, 1.54) is 15.8 Å². The maximum absolute atomic E-state index is 6.14. The zero-order chi connectivity index (χ0) is 14.1. The Morgan fingerprint density at radius 1 is 1.20 bits per heavy atom. The first-order valence-electron chi connectivity index (χ1n) is 6.33. The van der Waals surface area contributed by atoms with Gasteiger partial charge in [-0.3, -0.25) is 0 Å². The van der Waals surface area contributed by atoms with Crippen LogP contribution in [0.1, 0.15) is 10.4 Å². The molecule has 1 aromatic carbocycles. The number of aromatic nitrogens is 1. The average Bonchev–Trinajstić information content (AvgIpc) is 2.96. The number of rotatable bonds is 4. The molecular weight excluding hydrogens is 311 g/mol. The summed E-state index contributed by atoms with van der Waals surface area (Å²) in [6, 6.07) is 10.1. The van der Waals surface area contributed by atoms with Crippen LogP contribution in [0.15, 0.2) is 36.5 Å². The molecule has 0 fully saturated rings. The van der Waals surface area contributed by atoms with E-state index in [4.69, 9.17) is 23.2 Å². The number of fused-ring (bicyclic) bond motifs is 1. The molecule has 0 unspecified atom stereocenters. The second-order valence-electron chi connectivity index (χ2n) is 4.68. The van der Waals surface area contributed by atoms with E-state index in [9.17, 15) is 0 Å². The van der Waals surface area contributed by atoms with Crippen LogP contribution in [0.5, 0.6) is 0 Å². The van der Waals surface area contributed by atoms with Gasteiger partial charge in [-0.15, -0.1) is 11.3 Å². The van der Waals surface area contributed by atoms with Gasteiger partial charge in [0.1, 0.15) is 0 Å². The predicted molar refractivity (Wildman–Crippen MR) is 88.1 cm³/mol. The van der Waals surface area contributed by atoms with Gasteiger partial charge in [0.2, 0.25) is 0 Å². The molecular formula is C15H14Cl2N2S. The molecule has 0 aliphatic rings.